The highest BCUT2D eigenvalue weighted by Gasteiger charge is 2.17. The van der Waals surface area contributed by atoms with Gasteiger partial charge in [0, 0.05) is 18.8 Å². The third kappa shape index (κ3) is 32.5. The molecule has 7 nitrogen and oxygen atoms in total. The molecule has 0 fully saturated rings. The SMILES string of the molecule is CCCCCCCCCCCCOC(=O)OCC(CC)COC(=O)CCCC(=O)OC(CCCCCCCC)CCCCCCCC. The molecule has 0 heterocycles. The highest BCUT2D eigenvalue weighted by atomic mass is 16.7. The minimum absolute atomic E-state index is 0.0151. The van der Waals surface area contributed by atoms with Gasteiger partial charge in [-0.3, -0.25) is 9.59 Å². The Morgan fingerprint density at radius 1 is 0.447 bits per heavy atom. The molecule has 0 aromatic heterocycles. The van der Waals surface area contributed by atoms with Crippen LogP contribution in [0.1, 0.15) is 207 Å². The molecule has 0 spiro atoms. The lowest BCUT2D eigenvalue weighted by Gasteiger charge is -2.18. The summed E-state index contributed by atoms with van der Waals surface area (Å²) in [6, 6.07) is 0. The van der Waals surface area contributed by atoms with Gasteiger partial charge in [-0.05, 0) is 44.9 Å². The second-order valence-corrected chi connectivity index (χ2v) is 13.6. The number of hydrogen-bond acceptors (Lipinski definition) is 7. The molecule has 0 aromatic carbocycles. The Labute approximate surface area is 290 Å². The summed E-state index contributed by atoms with van der Waals surface area (Å²) in [5.74, 6) is -0.634. The van der Waals surface area contributed by atoms with Crippen LogP contribution in [0.3, 0.4) is 0 Å². The van der Waals surface area contributed by atoms with Gasteiger partial charge in [0.15, 0.2) is 0 Å². The molecule has 0 N–H and O–H groups in total. The van der Waals surface area contributed by atoms with E-state index < -0.39 is 6.16 Å². The first-order valence-corrected chi connectivity index (χ1v) is 20.1. The molecule has 47 heavy (non-hydrogen) atoms. The molecule has 0 saturated carbocycles. The van der Waals surface area contributed by atoms with Crippen molar-refractivity contribution in [1.82, 2.24) is 0 Å². The number of carbonyl (C=O) groups excluding carboxylic acids is 3. The zero-order chi connectivity index (χ0) is 34.6. The van der Waals surface area contributed by atoms with Crippen molar-refractivity contribution in [2.24, 2.45) is 5.92 Å². The zero-order valence-electron chi connectivity index (χ0n) is 31.4. The maximum absolute atomic E-state index is 12.6. The average molecular weight is 669 g/mol. The van der Waals surface area contributed by atoms with Crippen LogP contribution in [0.4, 0.5) is 4.79 Å². The summed E-state index contributed by atoms with van der Waals surface area (Å²) in [5, 5.41) is 0. The number of ether oxygens (including phenoxy) is 4. The summed E-state index contributed by atoms with van der Waals surface area (Å²) < 4.78 is 21.8. The van der Waals surface area contributed by atoms with Crippen molar-refractivity contribution in [2.45, 2.75) is 214 Å². The Hall–Kier alpha value is -1.79. The van der Waals surface area contributed by atoms with Crippen LogP contribution >= 0.6 is 0 Å². The molecule has 0 aromatic rings. The van der Waals surface area contributed by atoms with Gasteiger partial charge in [0.25, 0.3) is 0 Å². The van der Waals surface area contributed by atoms with E-state index in [1.54, 1.807) is 0 Å². The van der Waals surface area contributed by atoms with E-state index >= 15 is 0 Å². The number of rotatable bonds is 35. The third-order valence-corrected chi connectivity index (χ3v) is 9.03. The topological polar surface area (TPSA) is 88.1 Å². The summed E-state index contributed by atoms with van der Waals surface area (Å²) in [6.07, 6.45) is 29.7. The first-order chi connectivity index (χ1) is 23.0. The van der Waals surface area contributed by atoms with Gasteiger partial charge in [0.1, 0.15) is 12.7 Å². The van der Waals surface area contributed by atoms with Gasteiger partial charge >= 0.3 is 18.1 Å². The minimum Gasteiger partial charge on any atom is -0.465 e. The van der Waals surface area contributed by atoms with E-state index in [9.17, 15) is 14.4 Å². The van der Waals surface area contributed by atoms with Crippen molar-refractivity contribution < 1.29 is 33.3 Å². The molecule has 0 bridgehead atoms. The van der Waals surface area contributed by atoms with Crippen LogP contribution in [0, 0.1) is 5.92 Å². The smallest absolute Gasteiger partial charge is 0.465 e. The van der Waals surface area contributed by atoms with Gasteiger partial charge in [-0.25, -0.2) is 4.79 Å². The molecule has 0 rings (SSSR count). The van der Waals surface area contributed by atoms with E-state index in [4.69, 9.17) is 18.9 Å². The lowest BCUT2D eigenvalue weighted by molar-refractivity contribution is -0.150. The van der Waals surface area contributed by atoms with E-state index in [2.05, 4.69) is 20.8 Å². The van der Waals surface area contributed by atoms with E-state index in [0.29, 0.717) is 19.4 Å². The summed E-state index contributed by atoms with van der Waals surface area (Å²) in [6.45, 7) is 9.39. The second kappa shape index (κ2) is 35.5. The highest BCUT2D eigenvalue weighted by molar-refractivity contribution is 5.72. The Morgan fingerprint density at radius 2 is 0.872 bits per heavy atom. The maximum atomic E-state index is 12.6. The van der Waals surface area contributed by atoms with Crippen LogP contribution in [-0.2, 0) is 28.5 Å². The first kappa shape index (κ1) is 45.2. The first-order valence-electron chi connectivity index (χ1n) is 20.1. The normalized spacial score (nSPS) is 11.9. The maximum Gasteiger partial charge on any atom is 0.508 e. The Balaban J connectivity index is 4.10. The fourth-order valence-corrected chi connectivity index (χ4v) is 5.73. The number of unbranched alkanes of at least 4 members (excludes halogenated alkanes) is 19. The van der Waals surface area contributed by atoms with Crippen molar-refractivity contribution >= 4 is 18.1 Å². The Kier molecular flexibility index (Phi) is 34.2. The van der Waals surface area contributed by atoms with Crippen LogP contribution in [-0.4, -0.2) is 44.0 Å². The molecule has 0 aliphatic rings. The molecule has 1 atom stereocenters. The van der Waals surface area contributed by atoms with Crippen molar-refractivity contribution in [2.75, 3.05) is 19.8 Å². The molecule has 0 radical (unpaired) electrons. The standard InChI is InChI=1S/C40H76O7/c1-5-9-12-15-18-19-20-21-24-27-33-44-40(43)46-35-36(8-4)34-45-38(41)31-28-32-39(42)47-37(29-25-22-16-13-10-6-2)30-26-23-17-14-11-7-3/h36-37H,5-35H2,1-4H3. The van der Waals surface area contributed by atoms with E-state index in [1.165, 1.54) is 116 Å². The summed E-state index contributed by atoms with van der Waals surface area (Å²) in [7, 11) is 0. The molecule has 278 valence electrons. The van der Waals surface area contributed by atoms with Gasteiger partial charge in [-0.2, -0.15) is 0 Å². The lowest BCUT2D eigenvalue weighted by Crippen LogP contribution is -2.21. The van der Waals surface area contributed by atoms with E-state index in [1.807, 2.05) is 6.92 Å². The monoisotopic (exact) mass is 669 g/mol. The minimum atomic E-state index is -0.657. The number of esters is 2. The summed E-state index contributed by atoms with van der Waals surface area (Å²) >= 11 is 0. The van der Waals surface area contributed by atoms with Crippen LogP contribution in [0.5, 0.6) is 0 Å². The molecule has 0 amide bonds. The summed E-state index contributed by atoms with van der Waals surface area (Å²) in [4.78, 5) is 36.9. The Morgan fingerprint density at radius 3 is 1.36 bits per heavy atom. The van der Waals surface area contributed by atoms with Gasteiger partial charge in [-0.15, -0.1) is 0 Å². The van der Waals surface area contributed by atoms with Gasteiger partial charge in [0.2, 0.25) is 0 Å². The molecule has 0 saturated heterocycles. The third-order valence-electron chi connectivity index (χ3n) is 9.03. The molecule has 7 heteroatoms. The summed E-state index contributed by atoms with van der Waals surface area (Å²) in [5.41, 5.74) is 0. The van der Waals surface area contributed by atoms with Crippen LogP contribution < -0.4 is 0 Å². The quantitative estimate of drug-likeness (QED) is 0.0377. The fraction of sp³-hybridized carbons (Fsp3) is 0.925. The second-order valence-electron chi connectivity index (χ2n) is 13.6. The Bertz CT molecular complexity index is 695. The number of hydrogen-bond donors (Lipinski definition) is 0. The predicted octanol–water partition coefficient (Wildman–Crippen LogP) is 12.2. The van der Waals surface area contributed by atoms with Crippen molar-refractivity contribution in [3.05, 3.63) is 0 Å². The molecular formula is C40H76O7. The average Bonchev–Trinajstić information content (AvgIpc) is 3.06. The van der Waals surface area contributed by atoms with Gasteiger partial charge < -0.3 is 18.9 Å². The zero-order valence-corrected chi connectivity index (χ0v) is 31.4. The molecule has 0 aliphatic carbocycles. The van der Waals surface area contributed by atoms with Crippen LogP contribution in [0.25, 0.3) is 0 Å². The van der Waals surface area contributed by atoms with E-state index in [-0.39, 0.29) is 50.0 Å². The predicted molar refractivity (Wildman–Crippen MR) is 194 cm³/mol. The number of carbonyl (C=O) groups is 3. The van der Waals surface area contributed by atoms with Crippen molar-refractivity contribution in [1.29, 1.82) is 0 Å². The van der Waals surface area contributed by atoms with Crippen LogP contribution in [0.2, 0.25) is 0 Å². The molecule has 0 aliphatic heterocycles. The van der Waals surface area contributed by atoms with Crippen molar-refractivity contribution in [3.63, 3.8) is 0 Å². The van der Waals surface area contributed by atoms with Crippen molar-refractivity contribution in [3.8, 4) is 0 Å². The van der Waals surface area contributed by atoms with Gasteiger partial charge in [-0.1, -0.05) is 150 Å². The highest BCUT2D eigenvalue weighted by Crippen LogP contribution is 2.18. The fourth-order valence-electron chi connectivity index (χ4n) is 5.73. The molecular weight excluding hydrogens is 592 g/mol. The largest absolute Gasteiger partial charge is 0.508 e. The molecule has 1 unspecified atom stereocenters. The lowest BCUT2D eigenvalue weighted by atomic mass is 10.0. The van der Waals surface area contributed by atoms with E-state index in [0.717, 1.165) is 38.5 Å². The van der Waals surface area contributed by atoms with Crippen LogP contribution in [0.15, 0.2) is 0 Å². The van der Waals surface area contributed by atoms with Gasteiger partial charge in [0.05, 0.1) is 13.2 Å².